The minimum Gasteiger partial charge on any atom is -0.467 e. The number of aromatic nitrogens is 2. The third kappa shape index (κ3) is 4.17. The van der Waals surface area contributed by atoms with Crippen LogP contribution in [0.15, 0.2) is 92.3 Å². The minimum atomic E-state index is -0.301. The number of thiophene rings is 1. The van der Waals surface area contributed by atoms with Gasteiger partial charge in [0.2, 0.25) is 0 Å². The number of nitrogens with zero attached hydrogens (tertiary/aromatic N) is 4. The molecular formula is C24H20N4O3S2. The van der Waals surface area contributed by atoms with Crippen molar-refractivity contribution in [1.82, 2.24) is 14.6 Å². The van der Waals surface area contributed by atoms with Crippen LogP contribution in [0.2, 0.25) is 0 Å². The lowest BCUT2D eigenvalue weighted by atomic mass is 10.1. The van der Waals surface area contributed by atoms with Crippen molar-refractivity contribution in [2.45, 2.75) is 24.2 Å². The first-order valence-electron chi connectivity index (χ1n) is 10.4. The van der Waals surface area contributed by atoms with Crippen molar-refractivity contribution in [1.29, 1.82) is 0 Å². The molecule has 0 fully saturated rings. The Morgan fingerprint density at radius 1 is 1.24 bits per heavy atom. The van der Waals surface area contributed by atoms with Crippen LogP contribution in [-0.4, -0.2) is 31.9 Å². The number of amides is 1. The number of hydrazone groups is 1. The summed E-state index contributed by atoms with van der Waals surface area (Å²) in [5.74, 6) is 0.594. The number of furan rings is 1. The number of carbonyl (C=O) groups is 1. The SMILES string of the molecule is C=CCn1c(SCC(=O)N2N=C(c3cccs3)CC2c2ccco2)nc2ccccc2c1=O. The summed E-state index contributed by atoms with van der Waals surface area (Å²) >= 11 is 2.82. The first kappa shape index (κ1) is 21.4. The Morgan fingerprint density at radius 3 is 2.88 bits per heavy atom. The van der Waals surface area contributed by atoms with Crippen molar-refractivity contribution >= 4 is 45.6 Å². The van der Waals surface area contributed by atoms with Gasteiger partial charge in [-0.15, -0.1) is 17.9 Å². The summed E-state index contributed by atoms with van der Waals surface area (Å²) in [4.78, 5) is 31.9. The van der Waals surface area contributed by atoms with Crippen molar-refractivity contribution in [3.8, 4) is 0 Å². The number of benzene rings is 1. The molecule has 1 aliphatic heterocycles. The molecule has 7 nitrogen and oxygen atoms in total. The molecule has 0 spiro atoms. The topological polar surface area (TPSA) is 80.7 Å². The van der Waals surface area contributed by atoms with Gasteiger partial charge >= 0.3 is 0 Å². The van der Waals surface area contributed by atoms with Gasteiger partial charge in [0, 0.05) is 13.0 Å². The molecule has 1 atom stereocenters. The van der Waals surface area contributed by atoms with Crippen LogP contribution in [0, 0.1) is 0 Å². The Bertz CT molecular complexity index is 1390. The second-order valence-corrected chi connectivity index (χ2v) is 9.29. The fourth-order valence-corrected chi connectivity index (χ4v) is 5.36. The molecule has 0 saturated heterocycles. The zero-order valence-electron chi connectivity index (χ0n) is 17.6. The van der Waals surface area contributed by atoms with Crippen LogP contribution in [0.4, 0.5) is 0 Å². The number of hydrogen-bond acceptors (Lipinski definition) is 7. The summed E-state index contributed by atoms with van der Waals surface area (Å²) in [6.45, 7) is 4.06. The average molecular weight is 477 g/mol. The molecule has 0 radical (unpaired) electrons. The molecule has 4 aromatic rings. The maximum absolute atomic E-state index is 13.3. The summed E-state index contributed by atoms with van der Waals surface area (Å²) in [6.07, 6.45) is 3.83. The van der Waals surface area contributed by atoms with E-state index in [0.29, 0.717) is 34.8 Å². The molecule has 0 bridgehead atoms. The third-order valence-corrected chi connectivity index (χ3v) is 7.19. The van der Waals surface area contributed by atoms with Crippen LogP contribution < -0.4 is 5.56 Å². The molecule has 9 heteroatoms. The molecular weight excluding hydrogens is 456 g/mol. The molecule has 166 valence electrons. The predicted molar refractivity (Wildman–Crippen MR) is 131 cm³/mol. The van der Waals surface area contributed by atoms with Gasteiger partial charge in [-0.2, -0.15) is 5.10 Å². The molecule has 1 unspecified atom stereocenters. The highest BCUT2D eigenvalue weighted by molar-refractivity contribution is 7.99. The number of allylic oxidation sites excluding steroid dienone is 1. The van der Waals surface area contributed by atoms with Gasteiger partial charge in [-0.05, 0) is 35.7 Å². The third-order valence-electron chi connectivity index (χ3n) is 5.31. The summed E-state index contributed by atoms with van der Waals surface area (Å²) in [5.41, 5.74) is 1.31. The second-order valence-electron chi connectivity index (χ2n) is 7.40. The molecule has 3 aromatic heterocycles. The number of fused-ring (bicyclic) bond motifs is 1. The molecule has 1 aromatic carbocycles. The van der Waals surface area contributed by atoms with Gasteiger partial charge in [-0.1, -0.05) is 36.0 Å². The van der Waals surface area contributed by atoms with E-state index < -0.39 is 0 Å². The van der Waals surface area contributed by atoms with Crippen molar-refractivity contribution in [3.63, 3.8) is 0 Å². The maximum Gasteiger partial charge on any atom is 0.262 e. The Morgan fingerprint density at radius 2 is 2.12 bits per heavy atom. The van der Waals surface area contributed by atoms with Crippen molar-refractivity contribution in [3.05, 3.63) is 93.8 Å². The molecule has 0 saturated carbocycles. The van der Waals surface area contributed by atoms with Gasteiger partial charge in [0.1, 0.15) is 11.8 Å². The van der Waals surface area contributed by atoms with Gasteiger partial charge in [0.15, 0.2) is 5.16 Å². The van der Waals surface area contributed by atoms with Crippen LogP contribution in [0.3, 0.4) is 0 Å². The molecule has 33 heavy (non-hydrogen) atoms. The maximum atomic E-state index is 13.3. The lowest BCUT2D eigenvalue weighted by Crippen LogP contribution is -2.29. The highest BCUT2D eigenvalue weighted by atomic mass is 32.2. The van der Waals surface area contributed by atoms with E-state index in [2.05, 4.69) is 16.7 Å². The standard InChI is InChI=1S/C24H20N4O3S2/c1-2-11-27-23(30)16-7-3-4-8-17(16)25-24(27)33-15-22(29)28-19(20-9-5-12-31-20)14-18(26-28)21-10-6-13-32-21/h2-10,12-13,19H,1,11,14-15H2. The quantitative estimate of drug-likeness (QED) is 0.219. The molecule has 0 N–H and O–H groups in total. The summed E-state index contributed by atoms with van der Waals surface area (Å²) in [6, 6.07) is 14.5. The lowest BCUT2D eigenvalue weighted by Gasteiger charge is -2.20. The van der Waals surface area contributed by atoms with Gasteiger partial charge in [-0.25, -0.2) is 9.99 Å². The van der Waals surface area contributed by atoms with E-state index in [1.807, 2.05) is 41.8 Å². The summed E-state index contributed by atoms with van der Waals surface area (Å²) in [7, 11) is 0. The van der Waals surface area contributed by atoms with Gasteiger partial charge in [0.25, 0.3) is 11.5 Å². The van der Waals surface area contributed by atoms with Crippen LogP contribution in [0.5, 0.6) is 0 Å². The highest BCUT2D eigenvalue weighted by Gasteiger charge is 2.35. The van der Waals surface area contributed by atoms with E-state index in [4.69, 9.17) is 4.42 Å². The zero-order valence-corrected chi connectivity index (χ0v) is 19.2. The highest BCUT2D eigenvalue weighted by Crippen LogP contribution is 2.34. The van der Waals surface area contributed by atoms with Crippen LogP contribution >= 0.6 is 23.1 Å². The van der Waals surface area contributed by atoms with E-state index in [-0.39, 0.29) is 23.3 Å². The number of hydrogen-bond donors (Lipinski definition) is 0. The summed E-state index contributed by atoms with van der Waals surface area (Å²) in [5, 5.41) is 9.14. The Kier molecular flexibility index (Phi) is 5.97. The number of para-hydroxylation sites is 1. The van der Waals surface area contributed by atoms with Crippen molar-refractivity contribution in [2.24, 2.45) is 5.10 Å². The van der Waals surface area contributed by atoms with E-state index in [0.717, 1.165) is 10.6 Å². The lowest BCUT2D eigenvalue weighted by molar-refractivity contribution is -0.130. The monoisotopic (exact) mass is 476 g/mol. The van der Waals surface area contributed by atoms with Gasteiger partial charge in [0.05, 0.1) is 33.5 Å². The van der Waals surface area contributed by atoms with Crippen LogP contribution in [0.1, 0.15) is 23.1 Å². The van der Waals surface area contributed by atoms with Gasteiger partial charge in [-0.3, -0.25) is 14.2 Å². The Hall–Kier alpha value is -3.43. The Balaban J connectivity index is 1.43. The molecule has 4 heterocycles. The first-order chi connectivity index (χ1) is 16.2. The number of carbonyl (C=O) groups excluding carboxylic acids is 1. The molecule has 0 aliphatic carbocycles. The number of thioether (sulfide) groups is 1. The van der Waals surface area contributed by atoms with Crippen molar-refractivity contribution in [2.75, 3.05) is 5.75 Å². The average Bonchev–Trinajstić information content (AvgIpc) is 3.60. The smallest absolute Gasteiger partial charge is 0.262 e. The predicted octanol–water partition coefficient (Wildman–Crippen LogP) is 4.71. The minimum absolute atomic E-state index is 0.0837. The summed E-state index contributed by atoms with van der Waals surface area (Å²) < 4.78 is 7.15. The first-order valence-corrected chi connectivity index (χ1v) is 12.2. The fourth-order valence-electron chi connectivity index (χ4n) is 3.77. The van der Waals surface area contributed by atoms with Crippen LogP contribution in [-0.2, 0) is 11.3 Å². The Labute approximate surface area is 198 Å². The molecule has 1 amide bonds. The van der Waals surface area contributed by atoms with Gasteiger partial charge < -0.3 is 4.42 Å². The van der Waals surface area contributed by atoms with E-state index in [9.17, 15) is 9.59 Å². The number of rotatable bonds is 7. The normalized spacial score (nSPS) is 15.7. The van der Waals surface area contributed by atoms with E-state index in [1.54, 1.807) is 40.4 Å². The van der Waals surface area contributed by atoms with Crippen molar-refractivity contribution < 1.29 is 9.21 Å². The van der Waals surface area contributed by atoms with E-state index >= 15 is 0 Å². The van der Waals surface area contributed by atoms with E-state index in [1.165, 1.54) is 16.8 Å². The molecule has 1 aliphatic rings. The fraction of sp³-hybridized carbons (Fsp3) is 0.167. The van der Waals surface area contributed by atoms with Crippen LogP contribution in [0.25, 0.3) is 10.9 Å². The second kappa shape index (κ2) is 9.21. The molecule has 5 rings (SSSR count). The largest absolute Gasteiger partial charge is 0.467 e. The zero-order chi connectivity index (χ0) is 22.8.